The monoisotopic (exact) mass is 569 g/mol. The Hall–Kier alpha value is -3.56. The molecule has 10 heteroatoms. The van der Waals surface area contributed by atoms with Crippen LogP contribution in [0.5, 0.6) is 5.75 Å². The predicted octanol–water partition coefficient (Wildman–Crippen LogP) is 3.97. The zero-order chi connectivity index (χ0) is 29.4. The predicted molar refractivity (Wildman–Crippen MR) is 152 cm³/mol. The molecule has 1 unspecified atom stereocenters. The highest BCUT2D eigenvalue weighted by molar-refractivity contribution is 5.96. The topological polar surface area (TPSA) is 134 Å². The van der Waals surface area contributed by atoms with E-state index >= 15 is 0 Å². The summed E-state index contributed by atoms with van der Waals surface area (Å²) in [6, 6.07) is 6.00. The van der Waals surface area contributed by atoms with Gasteiger partial charge >= 0.3 is 12.1 Å². The van der Waals surface area contributed by atoms with Crippen molar-refractivity contribution in [1.29, 1.82) is 0 Å². The second-order valence-electron chi connectivity index (χ2n) is 11.4. The zero-order valence-corrected chi connectivity index (χ0v) is 23.9. The van der Waals surface area contributed by atoms with Crippen molar-refractivity contribution in [3.63, 3.8) is 0 Å². The number of rotatable bonds is 7. The highest BCUT2D eigenvalue weighted by Crippen LogP contribution is 2.45. The molecule has 5 atom stereocenters. The number of cyclic esters (lactones) is 1. The van der Waals surface area contributed by atoms with Crippen LogP contribution in [0.1, 0.15) is 76.7 Å². The first-order valence-corrected chi connectivity index (χ1v) is 14.9. The third kappa shape index (κ3) is 7.40. The summed E-state index contributed by atoms with van der Waals surface area (Å²) in [6.45, 7) is 6.09. The number of carboxylic acids is 1. The molecule has 0 spiro atoms. The normalized spacial score (nSPS) is 29.0. The molecule has 0 radical (unpaired) electrons. The van der Waals surface area contributed by atoms with Crippen molar-refractivity contribution in [3.05, 3.63) is 42.5 Å². The molecule has 1 saturated carbocycles. The van der Waals surface area contributed by atoms with Crippen LogP contribution in [0.3, 0.4) is 0 Å². The van der Waals surface area contributed by atoms with Crippen LogP contribution in [-0.4, -0.2) is 70.8 Å². The Morgan fingerprint density at radius 3 is 2.68 bits per heavy atom. The van der Waals surface area contributed by atoms with Crippen molar-refractivity contribution < 1.29 is 33.8 Å². The van der Waals surface area contributed by atoms with Crippen LogP contribution < -0.4 is 15.4 Å². The van der Waals surface area contributed by atoms with Gasteiger partial charge in [0, 0.05) is 12.3 Å². The molecule has 3 N–H and O–H groups in total. The van der Waals surface area contributed by atoms with Crippen molar-refractivity contribution in [2.45, 2.75) is 101 Å². The van der Waals surface area contributed by atoms with Gasteiger partial charge in [-0.3, -0.25) is 9.59 Å². The molecule has 1 aromatic rings. The molecular weight excluding hydrogens is 526 g/mol. The van der Waals surface area contributed by atoms with Crippen LogP contribution in [0, 0.1) is 5.92 Å². The number of amides is 3. The standard InChI is InChI=1S/C31H43N3O7/c1-3-5-15-24-28(36)34-20-23(18-25(34)27(35)33-31(29(37)38)19-22(31)4-2)41-26-16-11-10-14-21(26)13-9-7-6-8-12-17-40-30(39)32-24/h4,10-11,14,16,22-25H,2-3,5-9,12-13,15,17-20H2,1H3,(H,32,39)(H,33,35)(H,37,38)/t22?,23-,24+,25+,31-/m1/s1. The fourth-order valence-corrected chi connectivity index (χ4v) is 5.86. The number of ether oxygens (including phenoxy) is 2. The Kier molecular flexibility index (Phi) is 10.3. The first-order valence-electron chi connectivity index (χ1n) is 14.9. The number of alkyl carbamates (subject to hydrolysis) is 1. The number of carbonyl (C=O) groups excluding carboxylic acids is 3. The Morgan fingerprint density at radius 2 is 1.95 bits per heavy atom. The Balaban J connectivity index is 1.61. The zero-order valence-electron chi connectivity index (χ0n) is 23.9. The van der Waals surface area contributed by atoms with Crippen molar-refractivity contribution in [2.24, 2.45) is 5.92 Å². The van der Waals surface area contributed by atoms with E-state index in [4.69, 9.17) is 9.47 Å². The summed E-state index contributed by atoms with van der Waals surface area (Å²) in [4.78, 5) is 53.7. The van der Waals surface area contributed by atoms with Crippen LogP contribution >= 0.6 is 0 Å². The van der Waals surface area contributed by atoms with Crippen LogP contribution in [0.4, 0.5) is 4.79 Å². The third-order valence-electron chi connectivity index (χ3n) is 8.40. The first-order chi connectivity index (χ1) is 19.8. The number of carbonyl (C=O) groups is 4. The lowest BCUT2D eigenvalue weighted by Crippen LogP contribution is -2.56. The van der Waals surface area contributed by atoms with E-state index in [1.54, 1.807) is 0 Å². The van der Waals surface area contributed by atoms with E-state index < -0.39 is 47.6 Å². The van der Waals surface area contributed by atoms with E-state index in [0.717, 1.165) is 56.3 Å². The largest absolute Gasteiger partial charge is 0.488 e. The van der Waals surface area contributed by atoms with Crippen molar-refractivity contribution >= 4 is 23.9 Å². The quantitative estimate of drug-likeness (QED) is 0.423. The van der Waals surface area contributed by atoms with Gasteiger partial charge in [-0.1, -0.05) is 63.3 Å². The van der Waals surface area contributed by atoms with E-state index in [9.17, 15) is 24.3 Å². The fraction of sp³-hybridized carbons (Fsp3) is 0.613. The summed E-state index contributed by atoms with van der Waals surface area (Å²) in [5, 5.41) is 15.3. The Morgan fingerprint density at radius 1 is 1.20 bits per heavy atom. The summed E-state index contributed by atoms with van der Waals surface area (Å²) in [5.74, 6) is -1.74. The maximum absolute atomic E-state index is 13.9. The first kappa shape index (κ1) is 30.4. The molecular formula is C31H43N3O7. The van der Waals surface area contributed by atoms with Gasteiger partial charge in [0.15, 0.2) is 0 Å². The van der Waals surface area contributed by atoms with Gasteiger partial charge in [0.05, 0.1) is 13.2 Å². The number of unbranched alkanes of at least 4 members (excludes halogenated alkanes) is 1. The summed E-state index contributed by atoms with van der Waals surface area (Å²) in [6.07, 6.45) is 8.34. The summed E-state index contributed by atoms with van der Waals surface area (Å²) >= 11 is 0. The molecule has 41 heavy (non-hydrogen) atoms. The van der Waals surface area contributed by atoms with E-state index in [2.05, 4.69) is 17.2 Å². The Bertz CT molecular complexity index is 1120. The number of fused-ring (bicyclic) bond motifs is 3. The highest BCUT2D eigenvalue weighted by atomic mass is 16.5. The molecule has 1 aliphatic carbocycles. The maximum Gasteiger partial charge on any atom is 0.407 e. The van der Waals surface area contributed by atoms with Crippen LogP contribution in [0.25, 0.3) is 0 Å². The maximum atomic E-state index is 13.9. The minimum atomic E-state index is -1.42. The van der Waals surface area contributed by atoms with Crippen molar-refractivity contribution in [2.75, 3.05) is 13.2 Å². The number of para-hydroxylation sites is 1. The van der Waals surface area contributed by atoms with Crippen LogP contribution in [-0.2, 0) is 25.5 Å². The third-order valence-corrected chi connectivity index (χ3v) is 8.40. The van der Waals surface area contributed by atoms with Gasteiger partial charge in [0.1, 0.15) is 29.5 Å². The van der Waals surface area contributed by atoms with E-state index in [1.807, 2.05) is 31.2 Å². The second kappa shape index (κ2) is 13.9. The number of carboxylic acid groups (broad SMARTS) is 1. The van der Waals surface area contributed by atoms with Gasteiger partial charge in [0.25, 0.3) is 0 Å². The van der Waals surface area contributed by atoms with E-state index in [0.29, 0.717) is 12.8 Å². The molecule has 1 aromatic carbocycles. The molecule has 3 aliphatic rings. The molecule has 1 saturated heterocycles. The van der Waals surface area contributed by atoms with Gasteiger partial charge in [-0.2, -0.15) is 0 Å². The molecule has 2 heterocycles. The summed E-state index contributed by atoms with van der Waals surface area (Å²) in [7, 11) is 0. The Labute approximate surface area is 241 Å². The molecule has 2 bridgehead atoms. The van der Waals surface area contributed by atoms with Crippen molar-refractivity contribution in [3.8, 4) is 5.75 Å². The summed E-state index contributed by atoms with van der Waals surface area (Å²) in [5.41, 5.74) is -0.345. The molecule has 2 fully saturated rings. The number of aliphatic carboxylic acids is 1. The fourth-order valence-electron chi connectivity index (χ4n) is 5.86. The molecule has 2 aliphatic heterocycles. The average Bonchev–Trinajstić information content (AvgIpc) is 3.52. The number of nitrogens with zero attached hydrogens (tertiary/aromatic N) is 1. The molecule has 3 amide bonds. The number of aryl methyl sites for hydroxylation is 1. The lowest BCUT2D eigenvalue weighted by Gasteiger charge is -2.29. The SMILES string of the molecule is C=CC1C[C@]1(NC(=O)[C@@H]1C[C@@H]2CN1C(=O)[C@H](CCCC)NC(=O)OCCCCCCCc1ccccc1O2)C(=O)O. The van der Waals surface area contributed by atoms with Gasteiger partial charge in [-0.15, -0.1) is 6.58 Å². The molecule has 0 aromatic heterocycles. The lowest BCUT2D eigenvalue weighted by atomic mass is 10.0. The smallest absolute Gasteiger partial charge is 0.407 e. The molecule has 224 valence electrons. The van der Waals surface area contributed by atoms with Crippen LogP contribution in [0.2, 0.25) is 0 Å². The van der Waals surface area contributed by atoms with Gasteiger partial charge in [0.2, 0.25) is 11.8 Å². The van der Waals surface area contributed by atoms with E-state index in [1.165, 1.54) is 11.0 Å². The average molecular weight is 570 g/mol. The number of benzene rings is 1. The van der Waals surface area contributed by atoms with Gasteiger partial charge in [-0.25, -0.2) is 9.59 Å². The van der Waals surface area contributed by atoms with E-state index in [-0.39, 0.29) is 31.9 Å². The van der Waals surface area contributed by atoms with Gasteiger partial charge < -0.3 is 30.1 Å². The van der Waals surface area contributed by atoms with Crippen LogP contribution in [0.15, 0.2) is 36.9 Å². The molecule has 4 rings (SSSR count). The van der Waals surface area contributed by atoms with Crippen molar-refractivity contribution in [1.82, 2.24) is 15.5 Å². The minimum Gasteiger partial charge on any atom is -0.488 e. The number of nitrogens with one attached hydrogen (secondary N) is 2. The highest BCUT2D eigenvalue weighted by Gasteiger charge is 2.61. The van der Waals surface area contributed by atoms with Gasteiger partial charge in [-0.05, 0) is 43.7 Å². The number of hydrogen-bond acceptors (Lipinski definition) is 6. The second-order valence-corrected chi connectivity index (χ2v) is 11.4. The number of hydrogen-bond donors (Lipinski definition) is 3. The summed E-state index contributed by atoms with van der Waals surface area (Å²) < 4.78 is 11.8. The lowest BCUT2D eigenvalue weighted by molar-refractivity contribution is -0.145. The molecule has 10 nitrogen and oxygen atoms in total. The minimum absolute atomic E-state index is 0.134.